The van der Waals surface area contributed by atoms with Crippen LogP contribution < -0.4 is 4.40 Å². The predicted molar refractivity (Wildman–Crippen MR) is 210 cm³/mol. The van der Waals surface area contributed by atoms with Crippen LogP contribution in [0.25, 0.3) is 72.4 Å². The van der Waals surface area contributed by atoms with Crippen LogP contribution in [0.5, 0.6) is 0 Å². The molecule has 9 aromatic rings. The van der Waals surface area contributed by atoms with Crippen LogP contribution in [0.15, 0.2) is 162 Å². The zero-order valence-electron chi connectivity index (χ0n) is 28.6. The van der Waals surface area contributed by atoms with Crippen molar-refractivity contribution >= 4 is 50.6 Å². The molecular formula is C45H35GeIrN3O-2. The number of benzene rings is 6. The minimum atomic E-state index is -1.72. The van der Waals surface area contributed by atoms with Gasteiger partial charge in [-0.2, -0.15) is 0 Å². The summed E-state index contributed by atoms with van der Waals surface area (Å²) in [6.07, 6.45) is 2.04. The number of furan rings is 1. The predicted octanol–water partition coefficient (Wildman–Crippen LogP) is 11.2. The second kappa shape index (κ2) is 14.7. The summed E-state index contributed by atoms with van der Waals surface area (Å²) in [6.45, 7) is 0. The van der Waals surface area contributed by atoms with Crippen molar-refractivity contribution in [3.05, 3.63) is 170 Å². The van der Waals surface area contributed by atoms with Crippen molar-refractivity contribution in [3.63, 3.8) is 0 Å². The summed E-state index contributed by atoms with van der Waals surface area (Å²) in [6, 6.07) is 58.3. The number of aromatic nitrogens is 3. The van der Waals surface area contributed by atoms with Crippen LogP contribution in [-0.4, -0.2) is 27.8 Å². The molecule has 0 aliphatic rings. The molecule has 0 aliphatic heterocycles. The minimum absolute atomic E-state index is 0. The minimum Gasteiger partial charge on any atom is -0.501 e. The fourth-order valence-corrected chi connectivity index (χ4v) is 8.47. The van der Waals surface area contributed by atoms with E-state index in [0.717, 1.165) is 61.3 Å². The van der Waals surface area contributed by atoms with Crippen LogP contribution in [0.1, 0.15) is 0 Å². The average Bonchev–Trinajstić information content (AvgIpc) is 3.75. The number of fused-ring (bicyclic) bond motifs is 4. The van der Waals surface area contributed by atoms with E-state index >= 15 is 0 Å². The number of nitrogens with zero attached hydrogens (tertiary/aromatic N) is 3. The smallest absolute Gasteiger partial charge is 0.120 e. The fraction of sp³-hybridized carbons (Fsp3) is 0.0667. The Balaban J connectivity index is 0.000000202. The molecule has 0 unspecified atom stereocenters. The number of hydrogen-bond donors (Lipinski definition) is 0. The van der Waals surface area contributed by atoms with Gasteiger partial charge in [-0.05, 0) is 41.5 Å². The number of para-hydroxylation sites is 3. The molecule has 251 valence electrons. The maximum Gasteiger partial charge on any atom is 0.120 e. The van der Waals surface area contributed by atoms with Gasteiger partial charge in [0.25, 0.3) is 0 Å². The van der Waals surface area contributed by atoms with E-state index in [1.807, 2.05) is 79.0 Å². The zero-order chi connectivity index (χ0) is 34.1. The van der Waals surface area contributed by atoms with Crippen molar-refractivity contribution in [2.45, 2.75) is 17.3 Å². The maximum absolute atomic E-state index is 6.32. The molecular weight excluding hydrogens is 863 g/mol. The van der Waals surface area contributed by atoms with E-state index in [4.69, 9.17) is 9.40 Å². The Kier molecular flexibility index (Phi) is 9.88. The molecule has 0 aliphatic carbocycles. The molecule has 3 heterocycles. The molecule has 6 aromatic carbocycles. The van der Waals surface area contributed by atoms with Gasteiger partial charge in [-0.3, -0.25) is 4.98 Å². The van der Waals surface area contributed by atoms with E-state index in [0.29, 0.717) is 0 Å². The molecule has 6 heteroatoms. The second-order valence-corrected chi connectivity index (χ2v) is 24.0. The monoisotopic (exact) mass is 900 g/mol. The van der Waals surface area contributed by atoms with Crippen LogP contribution in [0.4, 0.5) is 0 Å². The van der Waals surface area contributed by atoms with Crippen LogP contribution in [-0.2, 0) is 20.1 Å². The Hall–Kier alpha value is -5.07. The van der Waals surface area contributed by atoms with Gasteiger partial charge in [0.2, 0.25) is 0 Å². The van der Waals surface area contributed by atoms with Gasteiger partial charge >= 0.3 is 99.8 Å². The summed E-state index contributed by atoms with van der Waals surface area (Å²) in [5, 5.41) is 2.17. The van der Waals surface area contributed by atoms with Crippen LogP contribution in [0.3, 0.4) is 0 Å². The summed E-state index contributed by atoms with van der Waals surface area (Å²) < 4.78 is 9.96. The summed E-state index contributed by atoms with van der Waals surface area (Å²) in [4.78, 5) is 9.56. The van der Waals surface area contributed by atoms with Crippen molar-refractivity contribution in [2.24, 2.45) is 0 Å². The van der Waals surface area contributed by atoms with Gasteiger partial charge in [-0.15, -0.1) is 18.2 Å². The number of rotatable bonds is 5. The Labute approximate surface area is 314 Å². The van der Waals surface area contributed by atoms with E-state index in [1.54, 1.807) is 0 Å². The van der Waals surface area contributed by atoms with E-state index < -0.39 is 13.3 Å². The van der Waals surface area contributed by atoms with E-state index in [9.17, 15) is 0 Å². The van der Waals surface area contributed by atoms with Crippen molar-refractivity contribution < 1.29 is 24.5 Å². The molecule has 0 fully saturated rings. The standard InChI is InChI=1S/C31H19N2O.C14H16GeN.Ir/c1-2-9-21(10-3-1)22-17-19-23(20-18-22)33-28-15-6-5-14-27(28)32-31(33)26-13-8-12-25-24-11-4-7-16-29(24)34-30(25)26;1-15(2,3)13-9-10-14(16-11-13)12-7-5-4-6-8-12;/h1-12,14-20H;4-7,9-11H,1-3H3;/q2*-1;. The molecule has 0 N–H and O–H groups in total. The summed E-state index contributed by atoms with van der Waals surface area (Å²) in [7, 11) is 0. The molecule has 0 atom stereocenters. The number of imidazole rings is 1. The first-order valence-electron chi connectivity index (χ1n) is 16.8. The van der Waals surface area contributed by atoms with Crippen molar-refractivity contribution in [2.75, 3.05) is 0 Å². The molecule has 0 bridgehead atoms. The first-order valence-corrected chi connectivity index (χ1v) is 24.2. The number of pyridine rings is 1. The zero-order valence-corrected chi connectivity index (χ0v) is 33.1. The van der Waals surface area contributed by atoms with Crippen LogP contribution in [0, 0.1) is 12.1 Å². The van der Waals surface area contributed by atoms with Crippen molar-refractivity contribution in [1.29, 1.82) is 0 Å². The normalized spacial score (nSPS) is 11.3. The fourth-order valence-electron chi connectivity index (χ4n) is 6.29. The number of hydrogen-bond acceptors (Lipinski definition) is 3. The summed E-state index contributed by atoms with van der Waals surface area (Å²) in [5.41, 5.74) is 10.0. The third-order valence-corrected chi connectivity index (χ3v) is 13.2. The van der Waals surface area contributed by atoms with E-state index in [1.165, 1.54) is 15.5 Å². The summed E-state index contributed by atoms with van der Waals surface area (Å²) >= 11 is -1.72. The largest absolute Gasteiger partial charge is 0.501 e. The second-order valence-electron chi connectivity index (χ2n) is 13.3. The topological polar surface area (TPSA) is 43.9 Å². The van der Waals surface area contributed by atoms with Gasteiger partial charge in [0.1, 0.15) is 5.58 Å². The molecule has 4 nitrogen and oxygen atoms in total. The third kappa shape index (κ3) is 6.98. The Bertz CT molecular complexity index is 2550. The van der Waals surface area contributed by atoms with Crippen molar-refractivity contribution in [3.8, 4) is 39.5 Å². The van der Waals surface area contributed by atoms with Gasteiger partial charge in [-0.25, -0.2) is 0 Å². The van der Waals surface area contributed by atoms with Crippen LogP contribution in [0.2, 0.25) is 17.3 Å². The Morgan fingerprint density at radius 3 is 2.10 bits per heavy atom. The Morgan fingerprint density at radius 2 is 1.35 bits per heavy atom. The maximum atomic E-state index is 6.32. The molecule has 51 heavy (non-hydrogen) atoms. The first kappa shape index (κ1) is 34.4. The van der Waals surface area contributed by atoms with Gasteiger partial charge < -0.3 is 8.98 Å². The van der Waals surface area contributed by atoms with E-state index in [-0.39, 0.29) is 20.1 Å². The first-order chi connectivity index (χ1) is 24.4. The molecule has 9 rings (SSSR count). The average molecular weight is 899 g/mol. The molecule has 1 radical (unpaired) electrons. The van der Waals surface area contributed by atoms with Crippen LogP contribution >= 0.6 is 0 Å². The molecule has 0 spiro atoms. The SMILES string of the molecule is [CH3][Ge]([CH3])([CH3])[c]1ccc(-c2[c-]cccc2)nc1.[Ir].[c-]1ccc2c(oc3ccccc32)c1-c1nc2ccccc2n1-c1ccc(-c2ccccc2)cc1. The quantitative estimate of drug-likeness (QED) is 0.128. The van der Waals surface area contributed by atoms with Gasteiger partial charge in [0.15, 0.2) is 0 Å². The van der Waals surface area contributed by atoms with Gasteiger partial charge in [0, 0.05) is 31.2 Å². The Morgan fingerprint density at radius 1 is 0.627 bits per heavy atom. The summed E-state index contributed by atoms with van der Waals surface area (Å²) in [5.74, 6) is 7.96. The van der Waals surface area contributed by atoms with Gasteiger partial charge in [0.05, 0.1) is 22.4 Å². The molecule has 3 aromatic heterocycles. The van der Waals surface area contributed by atoms with Gasteiger partial charge in [-0.1, -0.05) is 83.7 Å². The van der Waals surface area contributed by atoms with Crippen molar-refractivity contribution in [1.82, 2.24) is 14.5 Å². The van der Waals surface area contributed by atoms with E-state index in [2.05, 4.69) is 118 Å². The molecule has 0 saturated heterocycles. The molecule has 0 amide bonds. The molecule has 0 saturated carbocycles. The third-order valence-electron chi connectivity index (χ3n) is 8.97.